The SMILES string of the molecule is CC(=O)O.CC(=O)O.COc1cccc2c1C(=O)c1c(O)c3c(c(O)c1C2=O)C[C@@](O)(C(=O)CO)C[C@@H]3O[C@H]1C[C@H]2[C@H](OCN2C(=O)OCc2ccc(NC(=O)[C@H](CCCCN)NC(=O)[C@H](Cc3ccccc3)NC(=O)[C@@H](C)N)cc2)[C@H](C)O1. The number of nitrogens with zero attached hydrogens (tertiary/aromatic N) is 1. The average molecular weight is 1170 g/mol. The molecule has 4 aromatic carbocycles. The highest BCUT2D eigenvalue weighted by molar-refractivity contribution is 6.31. The van der Waals surface area contributed by atoms with Gasteiger partial charge in [-0.15, -0.1) is 0 Å². The first-order valence-corrected chi connectivity index (χ1v) is 26.8. The Labute approximate surface area is 482 Å². The summed E-state index contributed by atoms with van der Waals surface area (Å²) in [5.41, 5.74) is 9.14. The Morgan fingerprint density at radius 3 is 2.08 bits per heavy atom. The molecule has 2 aliphatic carbocycles. The smallest absolute Gasteiger partial charge is 0.412 e. The molecule has 2 heterocycles. The number of methoxy groups -OCH3 is 1. The number of anilines is 1. The zero-order valence-electron chi connectivity index (χ0n) is 46.8. The number of hydrogen-bond acceptors (Lipinski definition) is 20. The molecule has 0 unspecified atom stereocenters. The first kappa shape index (κ1) is 64.8. The number of phenols is 2. The van der Waals surface area contributed by atoms with Gasteiger partial charge in [-0.05, 0) is 69.0 Å². The van der Waals surface area contributed by atoms with Crippen LogP contribution in [0.25, 0.3) is 0 Å². The lowest BCUT2D eigenvalue weighted by molar-refractivity contribution is -0.246. The Morgan fingerprint density at radius 2 is 1.46 bits per heavy atom. The number of carbonyl (C=O) groups is 9. The van der Waals surface area contributed by atoms with Crippen molar-refractivity contribution in [1.82, 2.24) is 15.5 Å². The Kier molecular flexibility index (Phi) is 22.2. The van der Waals surface area contributed by atoms with Crippen LogP contribution in [0.5, 0.6) is 17.2 Å². The van der Waals surface area contributed by atoms with E-state index in [2.05, 4.69) is 16.0 Å². The third kappa shape index (κ3) is 15.4. The Hall–Kier alpha value is -8.37. The number of phenolic OH excluding ortho intramolecular Hbond substituents is 2. The zero-order valence-corrected chi connectivity index (χ0v) is 46.8. The molecule has 26 nitrogen and oxygen atoms in total. The largest absolute Gasteiger partial charge is 0.507 e. The third-order valence-electron chi connectivity index (χ3n) is 14.2. The van der Waals surface area contributed by atoms with Crippen LogP contribution < -0.4 is 32.2 Å². The minimum Gasteiger partial charge on any atom is -0.507 e. The molecule has 4 aliphatic rings. The van der Waals surface area contributed by atoms with Crippen LogP contribution in [0.1, 0.15) is 120 Å². The Bertz CT molecular complexity index is 3080. The number of ketones is 3. The number of aliphatic hydroxyl groups is 2. The molecule has 2 aliphatic heterocycles. The number of unbranched alkanes of at least 4 members (excludes halogenated alkanes) is 1. The minimum atomic E-state index is -2.37. The van der Waals surface area contributed by atoms with Gasteiger partial charge in [-0.3, -0.25) is 43.3 Å². The van der Waals surface area contributed by atoms with Gasteiger partial charge in [0, 0.05) is 61.9 Å². The lowest BCUT2D eigenvalue weighted by Crippen LogP contribution is -2.55. The maximum absolute atomic E-state index is 14.1. The van der Waals surface area contributed by atoms with Crippen LogP contribution in [-0.4, -0.2) is 164 Å². The lowest BCUT2D eigenvalue weighted by Gasteiger charge is -2.42. The van der Waals surface area contributed by atoms with Crippen LogP contribution in [0.4, 0.5) is 10.5 Å². The Morgan fingerprint density at radius 1 is 0.821 bits per heavy atom. The number of aliphatic carboxylic acids is 2. The van der Waals surface area contributed by atoms with Crippen molar-refractivity contribution in [2.75, 3.05) is 32.3 Å². The van der Waals surface area contributed by atoms with Gasteiger partial charge in [-0.2, -0.15) is 0 Å². The lowest BCUT2D eigenvalue weighted by atomic mass is 9.72. The number of nitrogens with two attached hydrogens (primary N) is 2. The van der Waals surface area contributed by atoms with E-state index in [0.717, 1.165) is 19.4 Å². The molecule has 8 rings (SSSR count). The summed E-state index contributed by atoms with van der Waals surface area (Å²) in [6.07, 6.45) is -4.56. The number of rotatable bonds is 19. The fourth-order valence-corrected chi connectivity index (χ4v) is 10.2. The van der Waals surface area contributed by atoms with E-state index in [1.165, 1.54) is 37.1 Å². The van der Waals surface area contributed by atoms with Crippen LogP contribution in [-0.2, 0) is 67.2 Å². The molecule has 4 aromatic rings. The predicted molar refractivity (Wildman–Crippen MR) is 296 cm³/mol. The molecule has 84 heavy (non-hydrogen) atoms. The maximum Gasteiger partial charge on any atom is 0.412 e. The molecule has 9 atom stereocenters. The summed E-state index contributed by atoms with van der Waals surface area (Å²) in [6, 6.07) is 16.3. The number of carbonyl (C=O) groups excluding carboxylic acids is 7. The molecule has 2 fully saturated rings. The van der Waals surface area contributed by atoms with Gasteiger partial charge in [0.05, 0.1) is 48.1 Å². The second-order valence-corrected chi connectivity index (χ2v) is 20.5. The normalized spacial score (nSPS) is 21.1. The number of carboxylic acids is 2. The van der Waals surface area contributed by atoms with E-state index in [-0.39, 0.29) is 60.6 Å². The molecule has 4 amide bonds. The highest BCUT2D eigenvalue weighted by Gasteiger charge is 2.52. The molecule has 0 bridgehead atoms. The fourth-order valence-electron chi connectivity index (χ4n) is 10.2. The highest BCUT2D eigenvalue weighted by atomic mass is 16.7. The quantitative estimate of drug-likeness (QED) is 0.0418. The fraction of sp³-hybridized carbons (Fsp3) is 0.431. The molecular weight excluding hydrogens is 1100 g/mol. The number of nitrogens with one attached hydrogen (secondary N) is 3. The van der Waals surface area contributed by atoms with Gasteiger partial charge in [0.25, 0.3) is 11.9 Å². The number of carboxylic acid groups (broad SMARTS) is 2. The predicted octanol–water partition coefficient (Wildman–Crippen LogP) is 2.49. The first-order valence-electron chi connectivity index (χ1n) is 26.8. The van der Waals surface area contributed by atoms with Crippen molar-refractivity contribution in [3.8, 4) is 17.2 Å². The number of hydrogen-bond donors (Lipinski definition) is 11. The summed E-state index contributed by atoms with van der Waals surface area (Å²) >= 11 is 0. The van der Waals surface area contributed by atoms with Crippen LogP contribution in [0.2, 0.25) is 0 Å². The number of ether oxygens (including phenoxy) is 5. The van der Waals surface area contributed by atoms with E-state index >= 15 is 0 Å². The molecule has 0 saturated carbocycles. The van der Waals surface area contributed by atoms with Crippen LogP contribution in [0.15, 0.2) is 72.8 Å². The van der Waals surface area contributed by atoms with E-state index in [1.807, 2.05) is 30.3 Å². The second-order valence-electron chi connectivity index (χ2n) is 20.5. The van der Waals surface area contributed by atoms with Crippen LogP contribution in [0.3, 0.4) is 0 Å². The highest BCUT2D eigenvalue weighted by Crippen LogP contribution is 2.53. The molecule has 452 valence electrons. The molecule has 0 aromatic heterocycles. The maximum atomic E-state index is 14.1. The molecule has 2 saturated heterocycles. The van der Waals surface area contributed by atoms with E-state index in [1.54, 1.807) is 31.2 Å². The van der Waals surface area contributed by atoms with Gasteiger partial charge in [-0.25, -0.2) is 4.79 Å². The van der Waals surface area contributed by atoms with Crippen molar-refractivity contribution in [2.45, 2.75) is 134 Å². The van der Waals surface area contributed by atoms with E-state index < -0.39 is 150 Å². The number of aliphatic hydroxyl groups excluding tert-OH is 1. The number of aromatic hydroxyl groups is 2. The number of amides is 4. The third-order valence-corrected chi connectivity index (χ3v) is 14.2. The summed E-state index contributed by atoms with van der Waals surface area (Å²) in [5, 5.41) is 68.5. The second kappa shape index (κ2) is 28.7. The Balaban J connectivity index is 0.00000133. The topological polar surface area (TPSA) is 413 Å². The van der Waals surface area contributed by atoms with Gasteiger partial charge in [-0.1, -0.05) is 54.6 Å². The molecule has 0 radical (unpaired) electrons. The van der Waals surface area contributed by atoms with Crippen molar-refractivity contribution in [2.24, 2.45) is 11.5 Å². The molecule has 26 heteroatoms. The molecule has 0 spiro atoms. The van der Waals surface area contributed by atoms with E-state index in [9.17, 15) is 54.0 Å². The van der Waals surface area contributed by atoms with Gasteiger partial charge in [0.1, 0.15) is 61.0 Å². The van der Waals surface area contributed by atoms with E-state index in [4.69, 9.17) is 55.0 Å². The summed E-state index contributed by atoms with van der Waals surface area (Å²) in [5.74, 6) is -7.38. The zero-order chi connectivity index (χ0) is 61.7. The van der Waals surface area contributed by atoms with Crippen molar-refractivity contribution >= 4 is 58.8 Å². The van der Waals surface area contributed by atoms with Crippen molar-refractivity contribution in [1.29, 1.82) is 0 Å². The van der Waals surface area contributed by atoms with Crippen LogP contribution >= 0.6 is 0 Å². The number of fused-ring (bicyclic) bond motifs is 4. The molecule has 13 N–H and O–H groups in total. The van der Waals surface area contributed by atoms with Gasteiger partial charge < -0.3 is 81.7 Å². The average Bonchev–Trinajstić information content (AvgIpc) is 1.44. The number of benzene rings is 4. The monoisotopic (exact) mass is 1170 g/mol. The van der Waals surface area contributed by atoms with Gasteiger partial charge in [0.15, 0.2) is 17.9 Å². The minimum absolute atomic E-state index is 0.0510. The standard InChI is InChI=1S/C54H62N6O16.2C2H4O2/c1-27(56)50(67)59-35(20-29-10-5-4-6-11-29)52(69)58-34(13-7-8-19-55)51(68)57-31-17-15-30(16-18-31)25-73-53(70)60-26-74-49-28(2)75-40(21-36(49)60)76-38-23-54(71,39(62)24-61)22-33-42(38)48(66)44-43(46(33)64)45(63)32-12-9-14-37(72-3)41(32)47(44)65;2*1-2(3)4/h4-6,9-12,14-18,27-28,34-36,38,40,49,61,64,66,71H,7-8,13,19-26,55-56H2,1-3H3,(H,57,68)(H,58,69)(H,59,67);2*1H3,(H,3,4)/t27-,28+,34+,35+,36+,38+,40+,49-,54+;;/m1../s1. The van der Waals surface area contributed by atoms with Crippen molar-refractivity contribution in [3.05, 3.63) is 117 Å². The van der Waals surface area contributed by atoms with Crippen molar-refractivity contribution < 1.29 is 97.5 Å². The first-order chi connectivity index (χ1) is 39.8. The van der Waals surface area contributed by atoms with Crippen molar-refractivity contribution in [3.63, 3.8) is 0 Å². The summed E-state index contributed by atoms with van der Waals surface area (Å²) in [4.78, 5) is 114. The summed E-state index contributed by atoms with van der Waals surface area (Å²) in [6.45, 7) is 4.26. The summed E-state index contributed by atoms with van der Waals surface area (Å²) in [7, 11) is 1.31. The van der Waals surface area contributed by atoms with Gasteiger partial charge >= 0.3 is 6.09 Å². The summed E-state index contributed by atoms with van der Waals surface area (Å²) < 4.78 is 29.7. The van der Waals surface area contributed by atoms with E-state index in [0.29, 0.717) is 30.6 Å². The van der Waals surface area contributed by atoms with Gasteiger partial charge in [0.2, 0.25) is 23.5 Å². The number of Topliss-reactive ketones (excluding diaryl/α,β-unsaturated/α-hetero) is 1. The molecular formula is C58H70N6O20. The van der Waals surface area contributed by atoms with Crippen LogP contribution in [0, 0.1) is 0 Å².